The number of hydrogen-bond acceptors (Lipinski definition) is 5. The van der Waals surface area contributed by atoms with E-state index in [0.717, 1.165) is 48.1 Å². The third-order valence-electron chi connectivity index (χ3n) is 7.83. The lowest BCUT2D eigenvalue weighted by molar-refractivity contribution is -0.132. The van der Waals surface area contributed by atoms with Gasteiger partial charge in [-0.25, -0.2) is 0 Å². The van der Waals surface area contributed by atoms with Crippen molar-refractivity contribution in [2.45, 2.75) is 51.1 Å². The summed E-state index contributed by atoms with van der Waals surface area (Å²) in [5.74, 6) is 0.549. The number of nitrogens with zero attached hydrogens (tertiary/aromatic N) is 4. The van der Waals surface area contributed by atoms with Gasteiger partial charge in [0.25, 0.3) is 0 Å². The molecule has 202 valence electrons. The Morgan fingerprint density at radius 3 is 2.41 bits per heavy atom. The lowest BCUT2D eigenvalue weighted by Gasteiger charge is -2.42. The van der Waals surface area contributed by atoms with Crippen LogP contribution in [0.2, 0.25) is 0 Å². The minimum Gasteiger partial charge on any atom is -0.383 e. The first-order valence-electron chi connectivity index (χ1n) is 13.8. The van der Waals surface area contributed by atoms with Gasteiger partial charge in [-0.2, -0.15) is 0 Å². The first kappa shape index (κ1) is 26.8. The Balaban J connectivity index is 1.41. The molecule has 3 unspecified atom stereocenters. The molecule has 1 saturated carbocycles. The van der Waals surface area contributed by atoms with Crippen molar-refractivity contribution in [1.29, 1.82) is 0 Å². The van der Waals surface area contributed by atoms with Crippen molar-refractivity contribution in [3.8, 4) is 11.1 Å². The van der Waals surface area contributed by atoms with Crippen LogP contribution in [0.1, 0.15) is 38.2 Å². The molecule has 1 aliphatic carbocycles. The largest absolute Gasteiger partial charge is 0.383 e. The summed E-state index contributed by atoms with van der Waals surface area (Å²) in [7, 11) is 1.63. The first-order valence-corrected chi connectivity index (χ1v) is 13.8. The van der Waals surface area contributed by atoms with Gasteiger partial charge in [0.2, 0.25) is 11.8 Å². The molecule has 0 bridgehead atoms. The number of aliphatic imine (C=N–C) groups is 1. The Bertz CT molecular complexity index is 1290. The predicted molar refractivity (Wildman–Crippen MR) is 154 cm³/mol. The molecule has 2 aromatic carbocycles. The third-order valence-corrected chi connectivity index (χ3v) is 7.83. The van der Waals surface area contributed by atoms with E-state index >= 15 is 0 Å². The molecule has 2 heterocycles. The summed E-state index contributed by atoms with van der Waals surface area (Å²) in [4.78, 5) is 40.4. The monoisotopic (exact) mass is 524 g/mol. The van der Waals surface area contributed by atoms with Crippen LogP contribution in [-0.2, 0) is 20.7 Å². The number of carbonyl (C=O) groups excluding carboxylic acids is 2. The summed E-state index contributed by atoms with van der Waals surface area (Å²) >= 11 is 0. The Morgan fingerprint density at radius 2 is 1.69 bits per heavy atom. The van der Waals surface area contributed by atoms with Gasteiger partial charge in [-0.1, -0.05) is 67.4 Å². The van der Waals surface area contributed by atoms with E-state index in [1.807, 2.05) is 49.4 Å². The van der Waals surface area contributed by atoms with Crippen LogP contribution in [0.3, 0.4) is 0 Å². The Hall–Kier alpha value is -3.84. The summed E-state index contributed by atoms with van der Waals surface area (Å²) < 4.78 is 5.37. The SMILES string of the molecule is COCCN(C(=O)Cc1ccc(-c2ccccc2)cc1)C(C)C1=NC2CCCCC2C(=O)N1c1ccncc1. The van der Waals surface area contributed by atoms with Crippen LogP contribution in [0.25, 0.3) is 11.1 Å². The van der Waals surface area contributed by atoms with E-state index in [2.05, 4.69) is 29.2 Å². The van der Waals surface area contributed by atoms with Crippen LogP contribution in [0.15, 0.2) is 84.1 Å². The summed E-state index contributed by atoms with van der Waals surface area (Å²) in [6.07, 6.45) is 7.48. The molecule has 0 saturated heterocycles. The molecule has 39 heavy (non-hydrogen) atoms. The smallest absolute Gasteiger partial charge is 0.237 e. The van der Waals surface area contributed by atoms with Crippen molar-refractivity contribution >= 4 is 23.3 Å². The van der Waals surface area contributed by atoms with E-state index in [1.165, 1.54) is 0 Å². The van der Waals surface area contributed by atoms with E-state index in [0.29, 0.717) is 19.0 Å². The average molecular weight is 525 g/mol. The van der Waals surface area contributed by atoms with Crippen LogP contribution in [-0.4, -0.2) is 59.9 Å². The minimum absolute atomic E-state index is 0.0254. The fourth-order valence-corrected chi connectivity index (χ4v) is 5.69. The highest BCUT2D eigenvalue weighted by molar-refractivity contribution is 6.21. The van der Waals surface area contributed by atoms with Gasteiger partial charge in [-0.05, 0) is 48.6 Å². The number of hydrogen-bond donors (Lipinski definition) is 0. The maximum atomic E-state index is 13.8. The zero-order valence-corrected chi connectivity index (χ0v) is 22.7. The standard InChI is InChI=1S/C32H36N4O3/c1-23(31-34-29-11-7-6-10-28(29)32(38)36(31)27-16-18-33-19-17-27)35(20-21-39-2)30(37)22-24-12-14-26(15-13-24)25-8-4-3-5-9-25/h3-5,8-9,12-19,23,28-29H,6-7,10-11,20-22H2,1-2H3. The number of carbonyl (C=O) groups is 2. The fourth-order valence-electron chi connectivity index (χ4n) is 5.69. The second-order valence-electron chi connectivity index (χ2n) is 10.3. The van der Waals surface area contributed by atoms with Crippen LogP contribution in [0, 0.1) is 5.92 Å². The number of fused-ring (bicyclic) bond motifs is 1. The summed E-state index contributed by atoms with van der Waals surface area (Å²) in [5.41, 5.74) is 3.93. The molecular weight excluding hydrogens is 488 g/mol. The van der Waals surface area contributed by atoms with Crippen molar-refractivity contribution < 1.29 is 14.3 Å². The fraction of sp³-hybridized carbons (Fsp3) is 0.375. The Kier molecular flexibility index (Phi) is 8.47. The number of rotatable bonds is 9. The quantitative estimate of drug-likeness (QED) is 0.388. The molecule has 0 radical (unpaired) electrons. The number of amides is 2. The second-order valence-corrected chi connectivity index (χ2v) is 10.3. The highest BCUT2D eigenvalue weighted by Crippen LogP contribution is 2.35. The van der Waals surface area contributed by atoms with E-state index in [1.54, 1.807) is 29.3 Å². The Labute approximate surface area is 230 Å². The highest BCUT2D eigenvalue weighted by Gasteiger charge is 2.43. The zero-order chi connectivity index (χ0) is 27.2. The lowest BCUT2D eigenvalue weighted by atomic mass is 9.82. The van der Waals surface area contributed by atoms with Gasteiger partial charge in [-0.3, -0.25) is 24.5 Å². The van der Waals surface area contributed by atoms with Crippen LogP contribution >= 0.6 is 0 Å². The maximum absolute atomic E-state index is 13.8. The van der Waals surface area contributed by atoms with E-state index in [9.17, 15) is 9.59 Å². The van der Waals surface area contributed by atoms with Crippen molar-refractivity contribution in [2.75, 3.05) is 25.2 Å². The minimum atomic E-state index is -0.406. The molecule has 7 heteroatoms. The molecule has 0 spiro atoms. The third kappa shape index (κ3) is 5.93. The molecular formula is C32H36N4O3. The topological polar surface area (TPSA) is 75.1 Å². The van der Waals surface area contributed by atoms with Gasteiger partial charge in [-0.15, -0.1) is 0 Å². The maximum Gasteiger partial charge on any atom is 0.237 e. The van der Waals surface area contributed by atoms with Crippen LogP contribution < -0.4 is 4.90 Å². The summed E-state index contributed by atoms with van der Waals surface area (Å²) in [6.45, 7) is 2.77. The van der Waals surface area contributed by atoms with Crippen LogP contribution in [0.5, 0.6) is 0 Å². The first-order chi connectivity index (χ1) is 19.1. The second kappa shape index (κ2) is 12.3. The van der Waals surface area contributed by atoms with Crippen molar-refractivity contribution in [3.63, 3.8) is 0 Å². The predicted octanol–water partition coefficient (Wildman–Crippen LogP) is 5.16. The molecule has 5 rings (SSSR count). The zero-order valence-electron chi connectivity index (χ0n) is 22.7. The van der Waals surface area contributed by atoms with Crippen molar-refractivity contribution in [2.24, 2.45) is 10.9 Å². The van der Waals surface area contributed by atoms with E-state index in [4.69, 9.17) is 9.73 Å². The summed E-state index contributed by atoms with van der Waals surface area (Å²) in [6, 6.07) is 21.5. The van der Waals surface area contributed by atoms with Crippen molar-refractivity contribution in [1.82, 2.24) is 9.88 Å². The normalized spacial score (nSPS) is 19.7. The molecule has 3 atom stereocenters. The molecule has 1 fully saturated rings. The number of ether oxygens (including phenoxy) is 1. The van der Waals surface area contributed by atoms with Gasteiger partial charge in [0.15, 0.2) is 0 Å². The van der Waals surface area contributed by atoms with Crippen LogP contribution in [0.4, 0.5) is 5.69 Å². The average Bonchev–Trinajstić information content (AvgIpc) is 2.98. The molecule has 1 aliphatic heterocycles. The Morgan fingerprint density at radius 1 is 1.00 bits per heavy atom. The van der Waals surface area contributed by atoms with E-state index in [-0.39, 0.29) is 30.2 Å². The van der Waals surface area contributed by atoms with Gasteiger partial charge in [0.1, 0.15) is 5.84 Å². The van der Waals surface area contributed by atoms with E-state index < -0.39 is 6.04 Å². The molecule has 2 aliphatic rings. The van der Waals surface area contributed by atoms with Gasteiger partial charge < -0.3 is 9.64 Å². The van der Waals surface area contributed by atoms with Gasteiger partial charge in [0.05, 0.1) is 36.7 Å². The number of pyridine rings is 1. The molecule has 0 N–H and O–H groups in total. The molecule has 3 aromatic rings. The number of benzene rings is 2. The van der Waals surface area contributed by atoms with Crippen molar-refractivity contribution in [3.05, 3.63) is 84.7 Å². The number of anilines is 1. The number of methoxy groups -OCH3 is 1. The lowest BCUT2D eigenvalue weighted by Crippen LogP contribution is -2.58. The summed E-state index contributed by atoms with van der Waals surface area (Å²) in [5, 5.41) is 0. The highest BCUT2D eigenvalue weighted by atomic mass is 16.5. The molecule has 2 amide bonds. The number of aromatic nitrogens is 1. The molecule has 1 aromatic heterocycles. The molecule has 7 nitrogen and oxygen atoms in total. The number of amidine groups is 1. The van der Waals surface area contributed by atoms with Gasteiger partial charge >= 0.3 is 0 Å². The van der Waals surface area contributed by atoms with Gasteiger partial charge in [0, 0.05) is 26.0 Å².